The van der Waals surface area contributed by atoms with Crippen molar-refractivity contribution in [3.8, 4) is 0 Å². The zero-order chi connectivity index (χ0) is 21.8. The minimum Gasteiger partial charge on any atom is -0.378 e. The molecular weight excluding hydrogens is 388 g/mol. The summed E-state index contributed by atoms with van der Waals surface area (Å²) in [5, 5.41) is 4.86. The van der Waals surface area contributed by atoms with Crippen LogP contribution in [0.3, 0.4) is 0 Å². The molecule has 1 aliphatic carbocycles. The van der Waals surface area contributed by atoms with E-state index in [0.29, 0.717) is 44.0 Å². The summed E-state index contributed by atoms with van der Waals surface area (Å²) < 4.78 is 7.56. The van der Waals surface area contributed by atoms with Gasteiger partial charge < -0.3 is 14.5 Å². The number of aromatic nitrogens is 2. The number of hydrogen-bond acceptors (Lipinski definition) is 4. The van der Waals surface area contributed by atoms with Gasteiger partial charge >= 0.3 is 0 Å². The summed E-state index contributed by atoms with van der Waals surface area (Å²) in [7, 11) is 2.22. The van der Waals surface area contributed by atoms with Crippen LogP contribution in [0, 0.1) is 5.92 Å². The third-order valence-corrected chi connectivity index (χ3v) is 6.58. The monoisotopic (exact) mass is 424 g/mol. The Morgan fingerprint density at radius 3 is 2.68 bits per heavy atom. The largest absolute Gasteiger partial charge is 0.378 e. The highest BCUT2D eigenvalue weighted by atomic mass is 16.5. The standard InChI is InChI=1S/C25H36N4O2/c1-19(2)18-29-23-10-9-21(27(3)12-11-20-7-5-4-6-8-20)17-22(23)24(26-29)25(30)28-13-15-31-16-14-28/h4-8,19,21H,9-18H2,1-3H3. The maximum Gasteiger partial charge on any atom is 0.274 e. The van der Waals surface area contributed by atoms with Crippen molar-refractivity contribution in [3.05, 3.63) is 52.8 Å². The van der Waals surface area contributed by atoms with Gasteiger partial charge in [0.15, 0.2) is 5.69 Å². The summed E-state index contributed by atoms with van der Waals surface area (Å²) in [6.07, 6.45) is 4.07. The second kappa shape index (κ2) is 9.96. The van der Waals surface area contributed by atoms with Crippen molar-refractivity contribution < 1.29 is 9.53 Å². The molecular formula is C25H36N4O2. The van der Waals surface area contributed by atoms with Gasteiger partial charge in [0, 0.05) is 43.5 Å². The van der Waals surface area contributed by atoms with E-state index in [1.165, 1.54) is 16.8 Å². The van der Waals surface area contributed by atoms with E-state index >= 15 is 0 Å². The molecule has 1 amide bonds. The van der Waals surface area contributed by atoms with Crippen LogP contribution in [0.15, 0.2) is 30.3 Å². The number of ether oxygens (including phenoxy) is 1. The molecule has 2 aromatic rings. The lowest BCUT2D eigenvalue weighted by atomic mass is 9.90. The zero-order valence-corrected chi connectivity index (χ0v) is 19.2. The van der Waals surface area contributed by atoms with Gasteiger partial charge in [0.1, 0.15) is 0 Å². The van der Waals surface area contributed by atoms with Gasteiger partial charge in [-0.3, -0.25) is 9.48 Å². The highest BCUT2D eigenvalue weighted by molar-refractivity contribution is 5.94. The van der Waals surface area contributed by atoms with Gasteiger partial charge in [0.25, 0.3) is 5.91 Å². The van der Waals surface area contributed by atoms with Crippen molar-refractivity contribution in [2.75, 3.05) is 39.9 Å². The van der Waals surface area contributed by atoms with Crippen LogP contribution < -0.4 is 0 Å². The number of likely N-dealkylation sites (N-methyl/N-ethyl adjacent to an activating group) is 1. The van der Waals surface area contributed by atoms with Crippen molar-refractivity contribution in [1.29, 1.82) is 0 Å². The Morgan fingerprint density at radius 2 is 1.97 bits per heavy atom. The van der Waals surface area contributed by atoms with Gasteiger partial charge in [-0.2, -0.15) is 5.10 Å². The molecule has 0 radical (unpaired) electrons. The number of benzene rings is 1. The van der Waals surface area contributed by atoms with Gasteiger partial charge in [-0.05, 0) is 44.2 Å². The molecule has 1 aromatic carbocycles. The minimum atomic E-state index is 0.0784. The van der Waals surface area contributed by atoms with Gasteiger partial charge in [-0.15, -0.1) is 0 Å². The van der Waals surface area contributed by atoms with Crippen LogP contribution in [0.4, 0.5) is 0 Å². The van der Waals surface area contributed by atoms with Crippen molar-refractivity contribution in [1.82, 2.24) is 19.6 Å². The number of nitrogens with zero attached hydrogens (tertiary/aromatic N) is 4. The Balaban J connectivity index is 1.51. The predicted molar refractivity (Wildman–Crippen MR) is 122 cm³/mol. The van der Waals surface area contributed by atoms with E-state index in [1.807, 2.05) is 4.90 Å². The third-order valence-electron chi connectivity index (χ3n) is 6.58. The molecule has 6 heteroatoms. The topological polar surface area (TPSA) is 50.6 Å². The number of hydrogen-bond donors (Lipinski definition) is 0. The molecule has 2 heterocycles. The molecule has 2 aliphatic rings. The summed E-state index contributed by atoms with van der Waals surface area (Å²) in [6, 6.07) is 11.1. The van der Waals surface area contributed by atoms with Crippen LogP contribution in [0.2, 0.25) is 0 Å². The van der Waals surface area contributed by atoms with Crippen LogP contribution in [0.1, 0.15) is 47.6 Å². The Labute approximate surface area is 186 Å². The van der Waals surface area contributed by atoms with E-state index in [1.54, 1.807) is 0 Å². The van der Waals surface area contributed by atoms with Crippen LogP contribution in [0.25, 0.3) is 0 Å². The second-order valence-corrected chi connectivity index (χ2v) is 9.37. The van der Waals surface area contributed by atoms with Crippen molar-refractivity contribution >= 4 is 5.91 Å². The van der Waals surface area contributed by atoms with Gasteiger partial charge in [0.2, 0.25) is 0 Å². The van der Waals surface area contributed by atoms with Gasteiger partial charge in [-0.25, -0.2) is 0 Å². The third kappa shape index (κ3) is 5.18. The highest BCUT2D eigenvalue weighted by Crippen LogP contribution is 2.29. The average molecular weight is 425 g/mol. The van der Waals surface area contributed by atoms with Crippen LogP contribution in [0.5, 0.6) is 0 Å². The molecule has 1 saturated heterocycles. The smallest absolute Gasteiger partial charge is 0.274 e. The maximum atomic E-state index is 13.3. The maximum absolute atomic E-state index is 13.3. The van der Waals surface area contributed by atoms with Crippen molar-refractivity contribution in [3.63, 3.8) is 0 Å². The molecule has 1 aromatic heterocycles. The Hall–Kier alpha value is -2.18. The first-order valence-electron chi connectivity index (χ1n) is 11.7. The first-order chi connectivity index (χ1) is 15.0. The molecule has 31 heavy (non-hydrogen) atoms. The number of carbonyl (C=O) groups is 1. The molecule has 1 fully saturated rings. The zero-order valence-electron chi connectivity index (χ0n) is 19.2. The second-order valence-electron chi connectivity index (χ2n) is 9.37. The fourth-order valence-corrected chi connectivity index (χ4v) is 4.76. The first kappa shape index (κ1) is 22.0. The Morgan fingerprint density at radius 1 is 1.23 bits per heavy atom. The van der Waals surface area contributed by atoms with E-state index in [4.69, 9.17) is 9.84 Å². The van der Waals surface area contributed by atoms with E-state index in [9.17, 15) is 4.79 Å². The molecule has 168 valence electrons. The number of amides is 1. The molecule has 1 unspecified atom stereocenters. The summed E-state index contributed by atoms with van der Waals surface area (Å²) in [4.78, 5) is 17.7. The SMILES string of the molecule is CC(C)Cn1nc(C(=O)N2CCOCC2)c2c1CCC(N(C)CCc1ccccc1)C2. The lowest BCUT2D eigenvalue weighted by Gasteiger charge is -2.32. The number of carbonyl (C=O) groups excluding carboxylic acids is 1. The van der Waals surface area contributed by atoms with Crippen molar-refractivity contribution in [2.24, 2.45) is 5.92 Å². The number of fused-ring (bicyclic) bond motifs is 1. The van der Waals surface area contributed by atoms with Crippen molar-refractivity contribution in [2.45, 2.75) is 52.1 Å². The fourth-order valence-electron chi connectivity index (χ4n) is 4.76. The predicted octanol–water partition coefficient (Wildman–Crippen LogP) is 3.04. The lowest BCUT2D eigenvalue weighted by Crippen LogP contribution is -2.42. The van der Waals surface area contributed by atoms with E-state index in [0.717, 1.165) is 38.8 Å². The van der Waals surface area contributed by atoms with E-state index in [2.05, 4.69) is 60.8 Å². The fraction of sp³-hybridized carbons (Fsp3) is 0.600. The number of morpholine rings is 1. The summed E-state index contributed by atoms with van der Waals surface area (Å²) in [5.41, 5.74) is 4.51. The quantitative estimate of drug-likeness (QED) is 0.686. The highest BCUT2D eigenvalue weighted by Gasteiger charge is 2.33. The lowest BCUT2D eigenvalue weighted by molar-refractivity contribution is 0.0297. The summed E-state index contributed by atoms with van der Waals surface area (Å²) >= 11 is 0. The van der Waals surface area contributed by atoms with Gasteiger partial charge in [-0.1, -0.05) is 44.2 Å². The molecule has 0 bridgehead atoms. The molecule has 0 N–H and O–H groups in total. The minimum absolute atomic E-state index is 0.0784. The normalized spacial score (nSPS) is 19.1. The summed E-state index contributed by atoms with van der Waals surface area (Å²) in [5.74, 6) is 0.580. The van der Waals surface area contributed by atoms with E-state index in [-0.39, 0.29) is 5.91 Å². The van der Waals surface area contributed by atoms with Crippen LogP contribution in [-0.4, -0.2) is 71.4 Å². The first-order valence-corrected chi connectivity index (χ1v) is 11.7. The van der Waals surface area contributed by atoms with Crippen LogP contribution in [-0.2, 0) is 30.5 Å². The molecule has 4 rings (SSSR count). The Kier molecular flexibility index (Phi) is 7.08. The molecule has 6 nitrogen and oxygen atoms in total. The number of rotatable bonds is 7. The van der Waals surface area contributed by atoms with Gasteiger partial charge in [0.05, 0.1) is 13.2 Å². The average Bonchev–Trinajstić information content (AvgIpc) is 3.15. The van der Waals surface area contributed by atoms with E-state index < -0.39 is 0 Å². The van der Waals surface area contributed by atoms with Crippen LogP contribution >= 0.6 is 0 Å². The summed E-state index contributed by atoms with van der Waals surface area (Å²) in [6.45, 7) is 8.86. The Bertz CT molecular complexity index is 871. The molecule has 1 atom stereocenters. The molecule has 1 aliphatic heterocycles. The molecule has 0 spiro atoms. The molecule has 0 saturated carbocycles.